The number of carbonyl (C=O) groups is 1. The monoisotopic (exact) mass is 214 g/mol. The Morgan fingerprint density at radius 2 is 2.36 bits per heavy atom. The van der Waals surface area contributed by atoms with Crippen molar-refractivity contribution in [1.29, 1.82) is 0 Å². The minimum atomic E-state index is -0.521. The average Bonchev–Trinajstić information content (AvgIpc) is 2.20. The SMILES string of the molecule is CCC(N)C(=O)Nc1ccc(Cl)nn1. The molecule has 1 rings (SSSR count). The number of halogens is 1. The van der Waals surface area contributed by atoms with E-state index in [2.05, 4.69) is 15.5 Å². The van der Waals surface area contributed by atoms with Gasteiger partial charge in [-0.3, -0.25) is 4.79 Å². The van der Waals surface area contributed by atoms with Crippen LogP contribution >= 0.6 is 11.6 Å². The van der Waals surface area contributed by atoms with Gasteiger partial charge in [0.15, 0.2) is 11.0 Å². The number of anilines is 1. The number of nitrogens with two attached hydrogens (primary N) is 1. The molecule has 14 heavy (non-hydrogen) atoms. The van der Waals surface area contributed by atoms with E-state index in [-0.39, 0.29) is 11.1 Å². The maximum atomic E-state index is 11.3. The topological polar surface area (TPSA) is 80.9 Å². The molecule has 0 spiro atoms. The van der Waals surface area contributed by atoms with E-state index < -0.39 is 6.04 Å². The maximum absolute atomic E-state index is 11.3. The Morgan fingerprint density at radius 3 is 2.86 bits per heavy atom. The van der Waals surface area contributed by atoms with Crippen molar-refractivity contribution in [1.82, 2.24) is 10.2 Å². The third-order valence-electron chi connectivity index (χ3n) is 1.66. The van der Waals surface area contributed by atoms with Gasteiger partial charge >= 0.3 is 0 Å². The van der Waals surface area contributed by atoms with Crippen LogP contribution in [-0.2, 0) is 4.79 Å². The van der Waals surface area contributed by atoms with E-state index in [1.165, 1.54) is 0 Å². The van der Waals surface area contributed by atoms with Crippen LogP contribution in [0.25, 0.3) is 0 Å². The normalized spacial score (nSPS) is 12.2. The van der Waals surface area contributed by atoms with Gasteiger partial charge in [0.25, 0.3) is 0 Å². The molecule has 1 aromatic rings. The van der Waals surface area contributed by atoms with Gasteiger partial charge < -0.3 is 11.1 Å². The number of amides is 1. The first-order valence-corrected chi connectivity index (χ1v) is 4.57. The molecule has 0 aromatic carbocycles. The molecule has 0 aliphatic carbocycles. The van der Waals surface area contributed by atoms with Crippen LogP contribution in [0.1, 0.15) is 13.3 Å². The summed E-state index contributed by atoms with van der Waals surface area (Å²) in [5.74, 6) is 0.0763. The van der Waals surface area contributed by atoms with Crippen LogP contribution in [0.2, 0.25) is 5.15 Å². The summed E-state index contributed by atoms with van der Waals surface area (Å²) < 4.78 is 0. The third kappa shape index (κ3) is 2.93. The molecule has 1 amide bonds. The van der Waals surface area contributed by atoms with Crippen molar-refractivity contribution in [2.45, 2.75) is 19.4 Å². The zero-order valence-corrected chi connectivity index (χ0v) is 8.45. The molecular weight excluding hydrogens is 204 g/mol. The summed E-state index contributed by atoms with van der Waals surface area (Å²) in [6.45, 7) is 1.83. The molecule has 5 nitrogen and oxygen atoms in total. The fourth-order valence-corrected chi connectivity index (χ4v) is 0.888. The Bertz CT molecular complexity index is 314. The zero-order chi connectivity index (χ0) is 10.6. The molecule has 1 unspecified atom stereocenters. The molecule has 0 saturated heterocycles. The highest BCUT2D eigenvalue weighted by Crippen LogP contribution is 2.06. The van der Waals surface area contributed by atoms with Gasteiger partial charge in [-0.1, -0.05) is 18.5 Å². The first-order valence-electron chi connectivity index (χ1n) is 4.19. The Kier molecular flexibility index (Phi) is 3.79. The minimum Gasteiger partial charge on any atom is -0.320 e. The highest BCUT2D eigenvalue weighted by atomic mass is 35.5. The summed E-state index contributed by atoms with van der Waals surface area (Å²) in [7, 11) is 0. The van der Waals surface area contributed by atoms with E-state index in [9.17, 15) is 4.79 Å². The fraction of sp³-hybridized carbons (Fsp3) is 0.375. The van der Waals surface area contributed by atoms with E-state index in [0.29, 0.717) is 12.2 Å². The van der Waals surface area contributed by atoms with Gasteiger partial charge in [0.05, 0.1) is 6.04 Å². The standard InChI is InChI=1S/C8H11ClN4O/c1-2-5(10)8(14)11-7-4-3-6(9)12-13-7/h3-5H,2,10H2,1H3,(H,11,13,14). The van der Waals surface area contributed by atoms with Crippen LogP contribution in [0.4, 0.5) is 5.82 Å². The number of rotatable bonds is 3. The summed E-state index contributed by atoms with van der Waals surface area (Å²) in [5, 5.41) is 10.0. The van der Waals surface area contributed by atoms with Crippen LogP contribution in [0.3, 0.4) is 0 Å². The molecule has 6 heteroatoms. The summed E-state index contributed by atoms with van der Waals surface area (Å²) >= 11 is 5.53. The van der Waals surface area contributed by atoms with Gasteiger partial charge in [-0.15, -0.1) is 10.2 Å². The predicted octanol–water partition coefficient (Wildman–Crippen LogP) is 0.806. The van der Waals surface area contributed by atoms with Crippen molar-refractivity contribution in [2.24, 2.45) is 5.73 Å². The number of nitrogens with zero attached hydrogens (tertiary/aromatic N) is 2. The smallest absolute Gasteiger partial charge is 0.242 e. The molecule has 76 valence electrons. The maximum Gasteiger partial charge on any atom is 0.242 e. The van der Waals surface area contributed by atoms with Crippen LogP contribution in [0.5, 0.6) is 0 Å². The Hall–Kier alpha value is -1.20. The van der Waals surface area contributed by atoms with Crippen molar-refractivity contribution in [2.75, 3.05) is 5.32 Å². The largest absolute Gasteiger partial charge is 0.320 e. The second-order valence-corrected chi connectivity index (χ2v) is 3.13. The van der Waals surface area contributed by atoms with Crippen molar-refractivity contribution in [3.63, 3.8) is 0 Å². The van der Waals surface area contributed by atoms with Crippen LogP contribution in [-0.4, -0.2) is 22.1 Å². The molecule has 1 atom stereocenters. The van der Waals surface area contributed by atoms with Gasteiger partial charge in [-0.25, -0.2) is 0 Å². The van der Waals surface area contributed by atoms with Gasteiger partial charge in [-0.05, 0) is 18.6 Å². The predicted molar refractivity (Wildman–Crippen MR) is 53.9 cm³/mol. The second kappa shape index (κ2) is 4.88. The van der Waals surface area contributed by atoms with Gasteiger partial charge in [0.1, 0.15) is 0 Å². The summed E-state index contributed by atoms with van der Waals surface area (Å²) in [6.07, 6.45) is 0.576. The Morgan fingerprint density at radius 1 is 1.64 bits per heavy atom. The highest BCUT2D eigenvalue weighted by molar-refractivity contribution is 6.29. The number of carbonyl (C=O) groups excluding carboxylic acids is 1. The van der Waals surface area contributed by atoms with E-state index in [1.54, 1.807) is 12.1 Å². The summed E-state index contributed by atoms with van der Waals surface area (Å²) in [4.78, 5) is 11.3. The van der Waals surface area contributed by atoms with E-state index in [1.807, 2.05) is 6.92 Å². The zero-order valence-electron chi connectivity index (χ0n) is 7.70. The molecule has 0 saturated carbocycles. The second-order valence-electron chi connectivity index (χ2n) is 2.75. The molecular formula is C8H11ClN4O. The van der Waals surface area contributed by atoms with Crippen molar-refractivity contribution < 1.29 is 4.79 Å². The minimum absolute atomic E-state index is 0.274. The summed E-state index contributed by atoms with van der Waals surface area (Å²) in [5.41, 5.74) is 5.51. The number of nitrogens with one attached hydrogen (secondary N) is 1. The van der Waals surface area contributed by atoms with Crippen LogP contribution in [0.15, 0.2) is 12.1 Å². The number of aromatic nitrogens is 2. The molecule has 0 aliphatic rings. The van der Waals surface area contributed by atoms with Crippen molar-refractivity contribution >= 4 is 23.3 Å². The van der Waals surface area contributed by atoms with E-state index in [0.717, 1.165) is 0 Å². The molecule has 1 heterocycles. The van der Waals surface area contributed by atoms with Crippen molar-refractivity contribution in [3.8, 4) is 0 Å². The van der Waals surface area contributed by atoms with Crippen LogP contribution in [0, 0.1) is 0 Å². The van der Waals surface area contributed by atoms with Crippen molar-refractivity contribution in [3.05, 3.63) is 17.3 Å². The van der Waals surface area contributed by atoms with E-state index >= 15 is 0 Å². The van der Waals surface area contributed by atoms with Gasteiger partial charge in [0.2, 0.25) is 5.91 Å². The molecule has 0 bridgehead atoms. The molecule has 3 N–H and O–H groups in total. The lowest BCUT2D eigenvalue weighted by atomic mass is 10.2. The first-order chi connectivity index (χ1) is 6.63. The molecule has 1 aromatic heterocycles. The molecule has 0 aliphatic heterocycles. The lowest BCUT2D eigenvalue weighted by Crippen LogP contribution is -2.35. The molecule has 0 fully saturated rings. The fourth-order valence-electron chi connectivity index (χ4n) is 0.787. The Labute approximate surface area is 86.7 Å². The van der Waals surface area contributed by atoms with Gasteiger partial charge in [-0.2, -0.15) is 0 Å². The first kappa shape index (κ1) is 10.9. The quantitative estimate of drug-likeness (QED) is 0.780. The van der Waals surface area contributed by atoms with E-state index in [4.69, 9.17) is 17.3 Å². The highest BCUT2D eigenvalue weighted by Gasteiger charge is 2.11. The Balaban J connectivity index is 2.60. The lowest BCUT2D eigenvalue weighted by molar-refractivity contribution is -0.117. The lowest BCUT2D eigenvalue weighted by Gasteiger charge is -2.08. The van der Waals surface area contributed by atoms with Gasteiger partial charge in [0, 0.05) is 0 Å². The average molecular weight is 215 g/mol. The number of hydrogen-bond donors (Lipinski definition) is 2. The number of hydrogen-bond acceptors (Lipinski definition) is 4. The summed E-state index contributed by atoms with van der Waals surface area (Å²) in [6, 6.07) is 2.59. The molecule has 0 radical (unpaired) electrons. The van der Waals surface area contributed by atoms with Crippen LogP contribution < -0.4 is 11.1 Å². The third-order valence-corrected chi connectivity index (χ3v) is 1.86.